The van der Waals surface area contributed by atoms with E-state index >= 15 is 0 Å². The maximum absolute atomic E-state index is 6.42. The van der Waals surface area contributed by atoms with Crippen LogP contribution in [0.2, 0.25) is 0 Å². The molecule has 20 heavy (non-hydrogen) atoms. The third-order valence-corrected chi connectivity index (χ3v) is 4.20. The van der Waals surface area contributed by atoms with Crippen LogP contribution in [-0.2, 0) is 0 Å². The van der Waals surface area contributed by atoms with Crippen LogP contribution in [0.1, 0.15) is 22.7 Å². The summed E-state index contributed by atoms with van der Waals surface area (Å²) in [6, 6.07) is 16.3. The Morgan fingerprint density at radius 2 is 1.95 bits per heavy atom. The van der Waals surface area contributed by atoms with Crippen LogP contribution in [0.3, 0.4) is 0 Å². The summed E-state index contributed by atoms with van der Waals surface area (Å²) < 4.78 is 1.04. The van der Waals surface area contributed by atoms with Gasteiger partial charge in [-0.2, -0.15) is 0 Å². The van der Waals surface area contributed by atoms with Crippen LogP contribution in [0.25, 0.3) is 10.9 Å². The average molecular weight is 327 g/mol. The van der Waals surface area contributed by atoms with Gasteiger partial charge in [-0.3, -0.25) is 4.98 Å². The van der Waals surface area contributed by atoms with E-state index in [1.807, 2.05) is 12.1 Å². The lowest BCUT2D eigenvalue weighted by Crippen LogP contribution is -2.12. The highest BCUT2D eigenvalue weighted by Gasteiger charge is 2.13. The largest absolute Gasteiger partial charge is 0.320 e. The van der Waals surface area contributed by atoms with Crippen molar-refractivity contribution in [2.45, 2.75) is 13.0 Å². The summed E-state index contributed by atoms with van der Waals surface area (Å²) in [7, 11) is 0. The SMILES string of the molecule is Cc1ccc(Br)c(C(N)c2ccc3cccnc3c2)c1. The quantitative estimate of drug-likeness (QED) is 0.760. The van der Waals surface area contributed by atoms with Crippen molar-refractivity contribution >= 4 is 26.8 Å². The van der Waals surface area contributed by atoms with Gasteiger partial charge in [0.2, 0.25) is 0 Å². The fourth-order valence-electron chi connectivity index (χ4n) is 2.36. The Morgan fingerprint density at radius 3 is 2.80 bits per heavy atom. The lowest BCUT2D eigenvalue weighted by molar-refractivity contribution is 0.865. The summed E-state index contributed by atoms with van der Waals surface area (Å²) in [4.78, 5) is 4.39. The smallest absolute Gasteiger partial charge is 0.0705 e. The zero-order chi connectivity index (χ0) is 14.1. The van der Waals surface area contributed by atoms with Gasteiger partial charge >= 0.3 is 0 Å². The lowest BCUT2D eigenvalue weighted by atomic mass is 9.97. The van der Waals surface area contributed by atoms with Gasteiger partial charge in [-0.25, -0.2) is 0 Å². The van der Waals surface area contributed by atoms with Crippen LogP contribution in [0.4, 0.5) is 0 Å². The maximum atomic E-state index is 6.42. The third kappa shape index (κ3) is 2.47. The Labute approximate surface area is 126 Å². The molecule has 0 radical (unpaired) electrons. The third-order valence-electron chi connectivity index (χ3n) is 3.48. The molecule has 0 aliphatic heterocycles. The monoisotopic (exact) mass is 326 g/mol. The molecule has 0 saturated carbocycles. The molecule has 1 aromatic heterocycles. The second-order valence-electron chi connectivity index (χ2n) is 4.96. The molecule has 1 heterocycles. The first-order valence-electron chi connectivity index (χ1n) is 6.51. The van der Waals surface area contributed by atoms with Crippen LogP contribution in [0.15, 0.2) is 59.2 Å². The van der Waals surface area contributed by atoms with E-state index in [1.165, 1.54) is 5.56 Å². The lowest BCUT2D eigenvalue weighted by Gasteiger charge is -2.15. The number of hydrogen-bond acceptors (Lipinski definition) is 2. The Kier molecular flexibility index (Phi) is 3.55. The van der Waals surface area contributed by atoms with E-state index in [0.717, 1.165) is 26.5 Å². The Balaban J connectivity index is 2.07. The van der Waals surface area contributed by atoms with Crippen molar-refractivity contribution in [3.63, 3.8) is 0 Å². The molecule has 0 fully saturated rings. The van der Waals surface area contributed by atoms with Gasteiger partial charge in [-0.05, 0) is 36.2 Å². The first kappa shape index (κ1) is 13.3. The van der Waals surface area contributed by atoms with Gasteiger partial charge in [0, 0.05) is 16.1 Å². The average Bonchev–Trinajstić information content (AvgIpc) is 2.48. The second kappa shape index (κ2) is 5.35. The molecule has 3 heteroatoms. The number of rotatable bonds is 2. The Morgan fingerprint density at radius 1 is 1.10 bits per heavy atom. The summed E-state index contributed by atoms with van der Waals surface area (Å²) in [6.07, 6.45) is 1.81. The van der Waals surface area contributed by atoms with E-state index < -0.39 is 0 Å². The van der Waals surface area contributed by atoms with Crippen LogP contribution >= 0.6 is 15.9 Å². The van der Waals surface area contributed by atoms with Crippen LogP contribution in [-0.4, -0.2) is 4.98 Å². The number of fused-ring (bicyclic) bond motifs is 1. The molecule has 2 aromatic carbocycles. The molecule has 1 atom stereocenters. The van der Waals surface area contributed by atoms with E-state index in [4.69, 9.17) is 5.73 Å². The van der Waals surface area contributed by atoms with Gasteiger partial charge in [0.05, 0.1) is 11.6 Å². The van der Waals surface area contributed by atoms with Crippen LogP contribution < -0.4 is 5.73 Å². The zero-order valence-corrected chi connectivity index (χ0v) is 12.8. The van der Waals surface area contributed by atoms with E-state index in [-0.39, 0.29) is 6.04 Å². The fraction of sp³-hybridized carbons (Fsp3) is 0.118. The van der Waals surface area contributed by atoms with Gasteiger partial charge in [-0.15, -0.1) is 0 Å². The second-order valence-corrected chi connectivity index (χ2v) is 5.81. The fourth-order valence-corrected chi connectivity index (χ4v) is 2.85. The molecule has 2 nitrogen and oxygen atoms in total. The molecule has 1 unspecified atom stereocenters. The molecule has 3 rings (SSSR count). The summed E-state index contributed by atoms with van der Waals surface area (Å²) >= 11 is 3.58. The number of nitrogens with zero attached hydrogens (tertiary/aromatic N) is 1. The number of nitrogens with two attached hydrogens (primary N) is 1. The van der Waals surface area contributed by atoms with Crippen molar-refractivity contribution in [2.75, 3.05) is 0 Å². The molecule has 3 aromatic rings. The summed E-state index contributed by atoms with van der Waals surface area (Å²) in [5.41, 5.74) is 10.8. The number of benzene rings is 2. The van der Waals surface area contributed by atoms with E-state index in [9.17, 15) is 0 Å². The normalized spacial score (nSPS) is 12.6. The molecule has 0 aliphatic rings. The van der Waals surface area contributed by atoms with Gasteiger partial charge in [0.15, 0.2) is 0 Å². The molecule has 2 N–H and O–H groups in total. The highest BCUT2D eigenvalue weighted by Crippen LogP contribution is 2.29. The van der Waals surface area contributed by atoms with Gasteiger partial charge in [0.25, 0.3) is 0 Å². The van der Waals surface area contributed by atoms with E-state index in [1.54, 1.807) is 6.20 Å². The van der Waals surface area contributed by atoms with Crippen molar-refractivity contribution < 1.29 is 0 Å². The predicted molar refractivity (Wildman–Crippen MR) is 86.7 cm³/mol. The molecule has 100 valence electrons. The molecule has 0 bridgehead atoms. The highest BCUT2D eigenvalue weighted by atomic mass is 79.9. The first-order chi connectivity index (χ1) is 9.65. The maximum Gasteiger partial charge on any atom is 0.0705 e. The van der Waals surface area contributed by atoms with Crippen molar-refractivity contribution in [3.05, 3.63) is 75.9 Å². The van der Waals surface area contributed by atoms with Gasteiger partial charge in [0.1, 0.15) is 0 Å². The zero-order valence-electron chi connectivity index (χ0n) is 11.2. The number of halogens is 1. The first-order valence-corrected chi connectivity index (χ1v) is 7.31. The number of hydrogen-bond donors (Lipinski definition) is 1. The number of aromatic nitrogens is 1. The molecule has 0 spiro atoms. The van der Waals surface area contributed by atoms with E-state index in [2.05, 4.69) is 64.2 Å². The minimum Gasteiger partial charge on any atom is -0.320 e. The molecular formula is C17H15BrN2. The topological polar surface area (TPSA) is 38.9 Å². The Bertz CT molecular complexity index is 768. The molecular weight excluding hydrogens is 312 g/mol. The van der Waals surface area contributed by atoms with Gasteiger partial charge in [-0.1, -0.05) is 51.8 Å². The van der Waals surface area contributed by atoms with Crippen LogP contribution in [0, 0.1) is 6.92 Å². The van der Waals surface area contributed by atoms with Gasteiger partial charge < -0.3 is 5.73 Å². The summed E-state index contributed by atoms with van der Waals surface area (Å²) in [5.74, 6) is 0. The van der Waals surface area contributed by atoms with E-state index in [0.29, 0.717) is 0 Å². The standard InChI is InChI=1S/C17H15BrN2/c1-11-4-7-15(18)14(9-11)17(19)13-6-5-12-3-2-8-20-16(12)10-13/h2-10,17H,19H2,1H3. The van der Waals surface area contributed by atoms with Crippen molar-refractivity contribution in [3.8, 4) is 0 Å². The highest BCUT2D eigenvalue weighted by molar-refractivity contribution is 9.10. The van der Waals surface area contributed by atoms with Crippen LogP contribution in [0.5, 0.6) is 0 Å². The summed E-state index contributed by atoms with van der Waals surface area (Å²) in [5, 5.41) is 1.13. The van der Waals surface area contributed by atoms with Crippen molar-refractivity contribution in [1.29, 1.82) is 0 Å². The molecule has 0 amide bonds. The molecule has 0 saturated heterocycles. The number of pyridine rings is 1. The summed E-state index contributed by atoms with van der Waals surface area (Å²) in [6.45, 7) is 2.07. The van der Waals surface area contributed by atoms with Crippen molar-refractivity contribution in [2.24, 2.45) is 5.73 Å². The number of aryl methyl sites for hydroxylation is 1. The van der Waals surface area contributed by atoms with Crippen molar-refractivity contribution in [1.82, 2.24) is 4.98 Å². The predicted octanol–water partition coefficient (Wildman–Crippen LogP) is 4.35. The minimum atomic E-state index is -0.157. The Hall–Kier alpha value is -1.71. The minimum absolute atomic E-state index is 0.157. The molecule has 0 aliphatic carbocycles.